The fourth-order valence-electron chi connectivity index (χ4n) is 5.67. The molecule has 0 unspecified atom stereocenters. The number of hydroxylamine groups is 2. The van der Waals surface area contributed by atoms with Crippen LogP contribution in [0.4, 0.5) is 0 Å². The predicted octanol–water partition coefficient (Wildman–Crippen LogP) is 2.67. The number of esters is 1. The van der Waals surface area contributed by atoms with Crippen LogP contribution in [0.3, 0.4) is 0 Å². The molecule has 0 bridgehead atoms. The molecule has 4 aromatic rings. The third-order valence-corrected chi connectivity index (χ3v) is 12.6. The molecule has 40 heavy (non-hydrogen) atoms. The lowest BCUT2D eigenvalue weighted by Gasteiger charge is -2.43. The van der Waals surface area contributed by atoms with E-state index < -0.39 is 20.0 Å². The zero-order valence-electron chi connectivity index (χ0n) is 23.5. The van der Waals surface area contributed by atoms with Gasteiger partial charge in [0.2, 0.25) is 0 Å². The van der Waals surface area contributed by atoms with Gasteiger partial charge in [0.05, 0.1) is 25.6 Å². The van der Waals surface area contributed by atoms with Crippen molar-refractivity contribution in [3.63, 3.8) is 0 Å². The van der Waals surface area contributed by atoms with E-state index in [-0.39, 0.29) is 29.6 Å². The normalized spacial score (nSPS) is 20.2. The van der Waals surface area contributed by atoms with E-state index in [4.69, 9.17) is 19.4 Å². The third kappa shape index (κ3) is 4.58. The van der Waals surface area contributed by atoms with Crippen molar-refractivity contribution >= 4 is 35.8 Å². The average Bonchev–Trinajstić information content (AvgIpc) is 3.55. The lowest BCUT2D eigenvalue weighted by Crippen LogP contribution is -2.67. The van der Waals surface area contributed by atoms with Gasteiger partial charge in [0.1, 0.15) is 11.8 Å². The number of aromatic nitrogens is 4. The summed E-state index contributed by atoms with van der Waals surface area (Å²) in [6.07, 6.45) is 3.10. The summed E-state index contributed by atoms with van der Waals surface area (Å²) in [6.45, 7) is 8.90. The number of hydrogen-bond donors (Lipinski definition) is 2. The number of carbonyl (C=O) groups excluding carboxylic acids is 1. The standard InChI is InChI=1S/C29H36N6O4Si/c1-6-37-27(36)29(35-20-33-26-24(25(35)30)31-19-32-26)17-21(34(5)39-29)18-38-40(28(2,3)4,22-13-9-7-10-14-22)23-15-11-8-12-16-23/h7-16,19-21,30H,6,17-18H2,1-5H3,(H,31,32)/t21-,29+/m0/s1. The number of rotatable bonds is 8. The topological polar surface area (TPSA) is 118 Å². The first kappa shape index (κ1) is 27.9. The Bertz CT molecular complexity index is 1500. The minimum Gasteiger partial charge on any atom is -0.462 e. The van der Waals surface area contributed by atoms with Crippen LogP contribution in [0.2, 0.25) is 5.04 Å². The summed E-state index contributed by atoms with van der Waals surface area (Å²) in [5.41, 5.74) is -0.798. The zero-order chi connectivity index (χ0) is 28.5. The summed E-state index contributed by atoms with van der Waals surface area (Å²) in [7, 11) is -1.04. The number of H-pyrrole nitrogens is 1. The molecule has 10 nitrogen and oxygen atoms in total. The maximum absolute atomic E-state index is 13.5. The molecule has 3 heterocycles. The average molecular weight is 561 g/mol. The first-order chi connectivity index (χ1) is 19.1. The Labute approximate surface area is 234 Å². The van der Waals surface area contributed by atoms with Crippen molar-refractivity contribution in [3.05, 3.63) is 78.8 Å². The summed E-state index contributed by atoms with van der Waals surface area (Å²) in [6, 6.07) is 20.5. The van der Waals surface area contributed by atoms with Crippen molar-refractivity contribution in [2.45, 2.75) is 50.9 Å². The Kier molecular flexibility index (Phi) is 7.49. The zero-order valence-corrected chi connectivity index (χ0v) is 24.5. The Morgan fingerprint density at radius 1 is 1.12 bits per heavy atom. The summed E-state index contributed by atoms with van der Waals surface area (Å²) >= 11 is 0. The van der Waals surface area contributed by atoms with Crippen LogP contribution in [0.25, 0.3) is 11.2 Å². The first-order valence-electron chi connectivity index (χ1n) is 13.4. The lowest BCUT2D eigenvalue weighted by molar-refractivity contribution is -0.238. The molecule has 0 radical (unpaired) electrons. The number of benzene rings is 2. The quantitative estimate of drug-likeness (QED) is 0.251. The Balaban J connectivity index is 1.55. The molecule has 1 saturated heterocycles. The Hall–Kier alpha value is -3.64. The van der Waals surface area contributed by atoms with Crippen molar-refractivity contribution in [2.75, 3.05) is 20.3 Å². The van der Waals surface area contributed by atoms with Crippen LogP contribution in [-0.4, -0.2) is 65.2 Å². The molecule has 2 aromatic carbocycles. The van der Waals surface area contributed by atoms with Gasteiger partial charge in [-0.05, 0) is 22.3 Å². The fraction of sp³-hybridized carbons (Fsp3) is 0.379. The van der Waals surface area contributed by atoms with E-state index in [9.17, 15) is 4.79 Å². The monoisotopic (exact) mass is 560 g/mol. The number of fused-ring (bicyclic) bond motifs is 1. The molecule has 1 aliphatic heterocycles. The number of hydrogen-bond acceptors (Lipinski definition) is 8. The van der Waals surface area contributed by atoms with Crippen molar-refractivity contribution < 1.29 is 18.8 Å². The van der Waals surface area contributed by atoms with Gasteiger partial charge in [-0.15, -0.1) is 0 Å². The SMILES string of the molecule is CCOC(=O)[C@@]1(n2cnc3nc[nH]c3c2=N)C[C@@H](CO[Si](c2ccccc2)(c2ccccc2)C(C)(C)C)N(C)O1. The lowest BCUT2D eigenvalue weighted by atomic mass is 10.1. The second-order valence-electron chi connectivity index (χ2n) is 11.0. The van der Waals surface area contributed by atoms with Gasteiger partial charge in [-0.2, -0.15) is 5.06 Å². The number of carbonyl (C=O) groups is 1. The van der Waals surface area contributed by atoms with Crippen molar-refractivity contribution in [1.82, 2.24) is 24.6 Å². The first-order valence-corrected chi connectivity index (χ1v) is 15.3. The van der Waals surface area contributed by atoms with E-state index in [1.165, 1.54) is 27.6 Å². The smallest absolute Gasteiger partial charge is 0.362 e. The summed E-state index contributed by atoms with van der Waals surface area (Å²) in [4.78, 5) is 31.2. The van der Waals surface area contributed by atoms with Crippen LogP contribution in [-0.2, 0) is 24.5 Å². The van der Waals surface area contributed by atoms with Crippen LogP contribution in [0.15, 0.2) is 73.3 Å². The molecule has 0 spiro atoms. The highest BCUT2D eigenvalue weighted by molar-refractivity contribution is 6.99. The number of imidazole rings is 1. The Morgan fingerprint density at radius 2 is 1.75 bits per heavy atom. The van der Waals surface area contributed by atoms with E-state index in [1.54, 1.807) is 19.0 Å². The molecular formula is C29H36N6O4Si. The highest BCUT2D eigenvalue weighted by atomic mass is 28.4. The van der Waals surface area contributed by atoms with Crippen LogP contribution in [0, 0.1) is 5.41 Å². The van der Waals surface area contributed by atoms with Crippen molar-refractivity contribution in [3.8, 4) is 0 Å². The van der Waals surface area contributed by atoms with E-state index in [0.717, 1.165) is 0 Å². The second-order valence-corrected chi connectivity index (χ2v) is 15.3. The van der Waals surface area contributed by atoms with E-state index in [0.29, 0.717) is 17.8 Å². The molecule has 0 saturated carbocycles. The molecule has 2 N–H and O–H groups in total. The number of nitrogens with one attached hydrogen (secondary N) is 2. The maximum Gasteiger partial charge on any atom is 0.362 e. The number of nitrogens with zero attached hydrogens (tertiary/aromatic N) is 4. The summed E-state index contributed by atoms with van der Waals surface area (Å²) < 4.78 is 14.1. The molecule has 210 valence electrons. The molecule has 2 aromatic heterocycles. The van der Waals surface area contributed by atoms with Gasteiger partial charge in [0, 0.05) is 13.5 Å². The van der Waals surface area contributed by atoms with Gasteiger partial charge >= 0.3 is 5.97 Å². The predicted molar refractivity (Wildman–Crippen MR) is 153 cm³/mol. The van der Waals surface area contributed by atoms with Crippen LogP contribution >= 0.6 is 0 Å². The van der Waals surface area contributed by atoms with Gasteiger partial charge in [-0.3, -0.25) is 14.8 Å². The fourth-order valence-corrected chi connectivity index (χ4v) is 10.3. The maximum atomic E-state index is 13.5. The van der Waals surface area contributed by atoms with Crippen LogP contribution in [0.5, 0.6) is 0 Å². The number of likely N-dealkylation sites (N-methyl/N-ethyl adjacent to an activating group) is 1. The number of aromatic amines is 1. The van der Waals surface area contributed by atoms with E-state index in [2.05, 4.69) is 84.3 Å². The molecule has 0 aliphatic carbocycles. The van der Waals surface area contributed by atoms with E-state index in [1.807, 2.05) is 12.1 Å². The number of ether oxygens (including phenoxy) is 1. The third-order valence-electron chi connectivity index (χ3n) is 7.61. The minimum atomic E-state index is -2.82. The highest BCUT2D eigenvalue weighted by Crippen LogP contribution is 2.39. The van der Waals surface area contributed by atoms with Crippen LogP contribution in [0.1, 0.15) is 34.1 Å². The Morgan fingerprint density at radius 3 is 2.33 bits per heavy atom. The molecule has 11 heteroatoms. The van der Waals surface area contributed by atoms with Crippen molar-refractivity contribution in [1.29, 1.82) is 5.41 Å². The minimum absolute atomic E-state index is 0.0255. The molecule has 5 rings (SSSR count). The molecule has 1 aliphatic rings. The molecular weight excluding hydrogens is 524 g/mol. The highest BCUT2D eigenvalue weighted by Gasteiger charge is 2.56. The molecule has 0 amide bonds. The largest absolute Gasteiger partial charge is 0.462 e. The molecule has 1 fully saturated rings. The van der Waals surface area contributed by atoms with Crippen LogP contribution < -0.4 is 15.9 Å². The molecule has 2 atom stereocenters. The van der Waals surface area contributed by atoms with E-state index >= 15 is 0 Å². The van der Waals surface area contributed by atoms with Gasteiger partial charge in [-0.25, -0.2) is 14.8 Å². The van der Waals surface area contributed by atoms with Gasteiger partial charge in [0.25, 0.3) is 14.0 Å². The van der Waals surface area contributed by atoms with Gasteiger partial charge in [0.15, 0.2) is 11.1 Å². The summed E-state index contributed by atoms with van der Waals surface area (Å²) in [5.74, 6) is -0.589. The second kappa shape index (κ2) is 10.7. The van der Waals surface area contributed by atoms with Gasteiger partial charge < -0.3 is 14.1 Å². The van der Waals surface area contributed by atoms with Gasteiger partial charge in [-0.1, -0.05) is 81.4 Å². The summed E-state index contributed by atoms with van der Waals surface area (Å²) in [5, 5.41) is 12.6. The van der Waals surface area contributed by atoms with Crippen molar-refractivity contribution in [2.24, 2.45) is 0 Å².